The van der Waals surface area contributed by atoms with Gasteiger partial charge in [0, 0.05) is 37.4 Å². The topological polar surface area (TPSA) is 57.7 Å². The van der Waals surface area contributed by atoms with Crippen molar-refractivity contribution in [1.29, 1.82) is 0 Å². The first-order chi connectivity index (χ1) is 12.4. The maximum Gasteiger partial charge on any atom is 0.253 e. The Labute approximate surface area is 155 Å². The van der Waals surface area contributed by atoms with Gasteiger partial charge in [0.1, 0.15) is 0 Å². The van der Waals surface area contributed by atoms with Crippen LogP contribution in [0.5, 0.6) is 0 Å². The molecule has 0 unspecified atom stereocenters. The minimum absolute atomic E-state index is 0.0498. The number of nitrogens with zero attached hydrogens (tertiary/aromatic N) is 2. The number of amides is 1. The molecule has 0 spiro atoms. The van der Waals surface area contributed by atoms with Gasteiger partial charge in [-0.25, -0.2) is 8.42 Å². The van der Waals surface area contributed by atoms with Gasteiger partial charge in [0.05, 0.1) is 10.1 Å². The van der Waals surface area contributed by atoms with E-state index in [0.29, 0.717) is 18.7 Å². The lowest BCUT2D eigenvalue weighted by Gasteiger charge is -2.36. The Morgan fingerprint density at radius 2 is 1.46 bits per heavy atom. The maximum atomic E-state index is 12.7. The largest absolute Gasteiger partial charge is 0.368 e. The molecule has 1 aliphatic rings. The van der Waals surface area contributed by atoms with Crippen molar-refractivity contribution in [3.05, 3.63) is 60.2 Å². The fraction of sp³-hybridized carbons (Fsp3) is 0.350. The van der Waals surface area contributed by atoms with Crippen molar-refractivity contribution >= 4 is 21.4 Å². The molecule has 6 heteroatoms. The summed E-state index contributed by atoms with van der Waals surface area (Å²) in [7, 11) is -3.31. The minimum Gasteiger partial charge on any atom is -0.368 e. The molecule has 5 nitrogen and oxygen atoms in total. The van der Waals surface area contributed by atoms with E-state index in [-0.39, 0.29) is 10.8 Å². The van der Waals surface area contributed by atoms with E-state index in [4.69, 9.17) is 0 Å². The second kappa shape index (κ2) is 7.50. The van der Waals surface area contributed by atoms with Crippen LogP contribution in [-0.4, -0.2) is 50.7 Å². The third kappa shape index (κ3) is 3.75. The Hall–Kier alpha value is -2.34. The first-order valence-electron chi connectivity index (χ1n) is 8.83. The second-order valence-corrected chi connectivity index (χ2v) is 9.24. The molecule has 0 bridgehead atoms. The smallest absolute Gasteiger partial charge is 0.253 e. The van der Waals surface area contributed by atoms with Crippen molar-refractivity contribution in [2.45, 2.75) is 24.0 Å². The van der Waals surface area contributed by atoms with Gasteiger partial charge in [-0.3, -0.25) is 4.79 Å². The monoisotopic (exact) mass is 372 g/mol. The predicted molar refractivity (Wildman–Crippen MR) is 103 cm³/mol. The molecule has 1 fully saturated rings. The third-order valence-electron chi connectivity index (χ3n) is 4.74. The van der Waals surface area contributed by atoms with Crippen LogP contribution in [0.2, 0.25) is 0 Å². The Morgan fingerprint density at radius 3 is 2.00 bits per heavy atom. The van der Waals surface area contributed by atoms with E-state index in [1.54, 1.807) is 26.0 Å². The molecule has 1 aliphatic heterocycles. The Bertz CT molecular complexity index is 854. The van der Waals surface area contributed by atoms with Gasteiger partial charge in [0.25, 0.3) is 5.91 Å². The summed E-state index contributed by atoms with van der Waals surface area (Å²) < 4.78 is 24.4. The standard InChI is InChI=1S/C20H24N2O3S/c1-16(2)26(24,25)19-10-8-17(9-11-19)20(23)22-14-12-21(13-15-22)18-6-4-3-5-7-18/h3-11,16H,12-15H2,1-2H3. The van der Waals surface area contributed by atoms with Crippen molar-refractivity contribution in [2.24, 2.45) is 0 Å². The number of carbonyl (C=O) groups excluding carboxylic acids is 1. The van der Waals surface area contributed by atoms with E-state index < -0.39 is 15.1 Å². The summed E-state index contributed by atoms with van der Waals surface area (Å²) in [5.41, 5.74) is 1.70. The van der Waals surface area contributed by atoms with Crippen LogP contribution in [0.1, 0.15) is 24.2 Å². The summed E-state index contributed by atoms with van der Waals surface area (Å²) in [4.78, 5) is 17.0. The molecule has 0 saturated carbocycles. The van der Waals surface area contributed by atoms with Gasteiger partial charge in [-0.15, -0.1) is 0 Å². The molecule has 1 saturated heterocycles. The van der Waals surface area contributed by atoms with Crippen molar-refractivity contribution in [2.75, 3.05) is 31.1 Å². The number of hydrogen-bond donors (Lipinski definition) is 0. The van der Waals surface area contributed by atoms with Gasteiger partial charge in [0.15, 0.2) is 9.84 Å². The average Bonchev–Trinajstić information content (AvgIpc) is 2.68. The molecular formula is C20H24N2O3S. The number of hydrogen-bond acceptors (Lipinski definition) is 4. The normalized spacial score (nSPS) is 15.3. The SMILES string of the molecule is CC(C)S(=O)(=O)c1ccc(C(=O)N2CCN(c3ccccc3)CC2)cc1. The number of rotatable bonds is 4. The van der Waals surface area contributed by atoms with Gasteiger partial charge >= 0.3 is 0 Å². The molecule has 0 aromatic heterocycles. The molecule has 1 amide bonds. The quantitative estimate of drug-likeness (QED) is 0.828. The van der Waals surface area contributed by atoms with E-state index in [0.717, 1.165) is 13.1 Å². The number of para-hydroxylation sites is 1. The van der Waals surface area contributed by atoms with Crippen LogP contribution < -0.4 is 4.90 Å². The van der Waals surface area contributed by atoms with Gasteiger partial charge in [-0.1, -0.05) is 18.2 Å². The minimum atomic E-state index is -3.31. The molecule has 0 radical (unpaired) electrons. The van der Waals surface area contributed by atoms with Crippen molar-refractivity contribution in [3.8, 4) is 0 Å². The number of anilines is 1. The summed E-state index contributed by atoms with van der Waals surface area (Å²) in [5.74, 6) is -0.0498. The number of carbonyl (C=O) groups is 1. The molecular weight excluding hydrogens is 348 g/mol. The first kappa shape index (κ1) is 18.5. The van der Waals surface area contributed by atoms with E-state index in [2.05, 4.69) is 17.0 Å². The average molecular weight is 372 g/mol. The van der Waals surface area contributed by atoms with Crippen molar-refractivity contribution in [1.82, 2.24) is 4.90 Å². The number of benzene rings is 2. The lowest BCUT2D eigenvalue weighted by atomic mass is 10.1. The molecule has 26 heavy (non-hydrogen) atoms. The zero-order chi connectivity index (χ0) is 18.7. The van der Waals surface area contributed by atoms with Gasteiger partial charge in [0.2, 0.25) is 0 Å². The lowest BCUT2D eigenvalue weighted by molar-refractivity contribution is 0.0746. The fourth-order valence-electron chi connectivity index (χ4n) is 3.05. The molecule has 138 valence electrons. The molecule has 0 N–H and O–H groups in total. The summed E-state index contributed by atoms with van der Waals surface area (Å²) in [5, 5.41) is -0.477. The molecule has 1 heterocycles. The molecule has 0 aliphatic carbocycles. The molecule has 2 aromatic carbocycles. The highest BCUT2D eigenvalue weighted by Gasteiger charge is 2.23. The number of piperazine rings is 1. The lowest BCUT2D eigenvalue weighted by Crippen LogP contribution is -2.48. The molecule has 2 aromatic rings. The summed E-state index contributed by atoms with van der Waals surface area (Å²) in [6.07, 6.45) is 0. The third-order valence-corrected chi connectivity index (χ3v) is 6.91. The predicted octanol–water partition coefficient (Wildman–Crippen LogP) is 2.83. The van der Waals surface area contributed by atoms with Crippen LogP contribution in [0.15, 0.2) is 59.5 Å². The number of sulfone groups is 1. The Morgan fingerprint density at radius 1 is 0.885 bits per heavy atom. The van der Waals surface area contributed by atoms with Crippen LogP contribution >= 0.6 is 0 Å². The maximum absolute atomic E-state index is 12.7. The summed E-state index contributed by atoms with van der Waals surface area (Å²) in [6.45, 7) is 6.19. The van der Waals surface area contributed by atoms with Gasteiger partial charge < -0.3 is 9.80 Å². The van der Waals surface area contributed by atoms with E-state index in [1.165, 1.54) is 17.8 Å². The molecule has 0 atom stereocenters. The Kier molecular flexibility index (Phi) is 5.32. The zero-order valence-electron chi connectivity index (χ0n) is 15.1. The first-order valence-corrected chi connectivity index (χ1v) is 10.4. The van der Waals surface area contributed by atoms with E-state index in [9.17, 15) is 13.2 Å². The van der Waals surface area contributed by atoms with Crippen LogP contribution in [0, 0.1) is 0 Å². The second-order valence-electron chi connectivity index (χ2n) is 6.73. The highest BCUT2D eigenvalue weighted by Crippen LogP contribution is 2.19. The summed E-state index contributed by atoms with van der Waals surface area (Å²) in [6, 6.07) is 16.5. The summed E-state index contributed by atoms with van der Waals surface area (Å²) >= 11 is 0. The van der Waals surface area contributed by atoms with Crippen LogP contribution in [0.4, 0.5) is 5.69 Å². The van der Waals surface area contributed by atoms with Crippen LogP contribution in [0.3, 0.4) is 0 Å². The van der Waals surface area contributed by atoms with Crippen LogP contribution in [-0.2, 0) is 9.84 Å². The van der Waals surface area contributed by atoms with Crippen molar-refractivity contribution < 1.29 is 13.2 Å². The fourth-order valence-corrected chi connectivity index (χ4v) is 4.11. The van der Waals surface area contributed by atoms with Crippen molar-refractivity contribution in [3.63, 3.8) is 0 Å². The van der Waals surface area contributed by atoms with Gasteiger partial charge in [-0.2, -0.15) is 0 Å². The van der Waals surface area contributed by atoms with Crippen LogP contribution in [0.25, 0.3) is 0 Å². The highest BCUT2D eigenvalue weighted by atomic mass is 32.2. The zero-order valence-corrected chi connectivity index (χ0v) is 15.9. The molecule has 3 rings (SSSR count). The van der Waals surface area contributed by atoms with E-state index >= 15 is 0 Å². The highest BCUT2D eigenvalue weighted by molar-refractivity contribution is 7.92. The Balaban J connectivity index is 1.66. The van der Waals surface area contributed by atoms with E-state index in [1.807, 2.05) is 23.1 Å². The van der Waals surface area contributed by atoms with Gasteiger partial charge in [-0.05, 0) is 50.2 Å².